The van der Waals surface area contributed by atoms with Crippen LogP contribution in [0.3, 0.4) is 0 Å². The Morgan fingerprint density at radius 1 is 0.970 bits per heavy atom. The number of ketones is 1. The van der Waals surface area contributed by atoms with Gasteiger partial charge in [-0.2, -0.15) is 0 Å². The highest BCUT2D eigenvalue weighted by Gasteiger charge is 2.48. The van der Waals surface area contributed by atoms with Crippen LogP contribution in [0.2, 0.25) is 0 Å². The Hall–Kier alpha value is -3.27. The minimum Gasteiger partial charge on any atom is -0.507 e. The van der Waals surface area contributed by atoms with Gasteiger partial charge in [-0.05, 0) is 17.0 Å². The fourth-order valence-electron chi connectivity index (χ4n) is 3.57. The first-order valence-electron chi connectivity index (χ1n) is 10.0. The van der Waals surface area contributed by atoms with Crippen molar-refractivity contribution in [3.8, 4) is 0 Å². The van der Waals surface area contributed by atoms with Gasteiger partial charge in [0.15, 0.2) is 4.34 Å². The second kappa shape index (κ2) is 9.30. The largest absolute Gasteiger partial charge is 0.507 e. The van der Waals surface area contributed by atoms with Crippen LogP contribution in [0.15, 0.2) is 88.1 Å². The van der Waals surface area contributed by atoms with Crippen molar-refractivity contribution in [3.05, 3.63) is 99.8 Å². The molecule has 1 amide bonds. The van der Waals surface area contributed by atoms with Crippen molar-refractivity contribution in [2.45, 2.75) is 16.1 Å². The number of anilines is 1. The van der Waals surface area contributed by atoms with Crippen LogP contribution in [-0.2, 0) is 15.3 Å². The molecule has 1 N–H and O–H groups in total. The lowest BCUT2D eigenvalue weighted by Crippen LogP contribution is -2.29. The molecule has 1 fully saturated rings. The number of Topliss-reactive ketones (excluding diaryl/α,β-unsaturated/α-hetero) is 1. The summed E-state index contributed by atoms with van der Waals surface area (Å²) in [7, 11) is 0. The van der Waals surface area contributed by atoms with Crippen LogP contribution in [0.1, 0.15) is 22.0 Å². The minimum absolute atomic E-state index is 0.0577. The Morgan fingerprint density at radius 2 is 1.70 bits per heavy atom. The second-order valence-corrected chi connectivity index (χ2v) is 10.3. The number of carbonyl (C=O) groups is 2. The number of rotatable bonds is 6. The first-order chi connectivity index (χ1) is 16.1. The van der Waals surface area contributed by atoms with Gasteiger partial charge in [-0.25, -0.2) is 0 Å². The molecule has 2 aromatic carbocycles. The van der Waals surface area contributed by atoms with Crippen molar-refractivity contribution in [2.75, 3.05) is 4.90 Å². The van der Waals surface area contributed by atoms with Crippen molar-refractivity contribution in [1.82, 2.24) is 10.2 Å². The number of amides is 1. The average Bonchev–Trinajstić information content (AvgIpc) is 3.59. The van der Waals surface area contributed by atoms with E-state index in [1.165, 1.54) is 39.3 Å². The molecule has 1 aliphatic rings. The summed E-state index contributed by atoms with van der Waals surface area (Å²) in [5, 5.41) is 21.7. The molecule has 0 saturated carbocycles. The van der Waals surface area contributed by atoms with Crippen molar-refractivity contribution in [3.63, 3.8) is 0 Å². The highest BCUT2D eigenvalue weighted by Crippen LogP contribution is 2.45. The zero-order valence-electron chi connectivity index (χ0n) is 17.1. The monoisotopic (exact) mass is 491 g/mol. The SMILES string of the molecule is O=C1C(=O)N(c2nnc(SCc3ccccc3)s2)C(c2cccs2)/C1=C(/O)c1ccccc1. The summed E-state index contributed by atoms with van der Waals surface area (Å²) in [6, 6.07) is 21.7. The summed E-state index contributed by atoms with van der Waals surface area (Å²) < 4.78 is 0.698. The van der Waals surface area contributed by atoms with E-state index in [1.807, 2.05) is 53.9 Å². The third kappa shape index (κ3) is 4.22. The van der Waals surface area contributed by atoms with Gasteiger partial charge in [0.2, 0.25) is 5.13 Å². The summed E-state index contributed by atoms with van der Waals surface area (Å²) >= 11 is 4.19. The standard InChI is InChI=1S/C24H17N3O3S3/c28-20(16-10-5-2-6-11-16)18-19(17-12-7-13-31-17)27(22(30)21(18)29)23-25-26-24(33-23)32-14-15-8-3-1-4-9-15/h1-13,19,28H,14H2/b20-18-. The molecule has 1 aliphatic heterocycles. The fraction of sp³-hybridized carbons (Fsp3) is 0.0833. The number of hydrogen-bond donors (Lipinski definition) is 1. The van der Waals surface area contributed by atoms with Crippen LogP contribution in [-0.4, -0.2) is 27.0 Å². The van der Waals surface area contributed by atoms with Gasteiger partial charge >= 0.3 is 5.91 Å². The van der Waals surface area contributed by atoms with E-state index in [-0.39, 0.29) is 11.3 Å². The first kappa shape index (κ1) is 21.6. The molecule has 1 saturated heterocycles. The number of benzene rings is 2. The molecule has 1 unspecified atom stereocenters. The summed E-state index contributed by atoms with van der Waals surface area (Å²) in [5.41, 5.74) is 1.69. The number of nitrogens with zero attached hydrogens (tertiary/aromatic N) is 3. The zero-order valence-corrected chi connectivity index (χ0v) is 19.6. The minimum atomic E-state index is -0.759. The smallest absolute Gasteiger partial charge is 0.301 e. The van der Waals surface area contributed by atoms with E-state index < -0.39 is 17.7 Å². The maximum Gasteiger partial charge on any atom is 0.301 e. The fourth-order valence-corrected chi connectivity index (χ4v) is 6.22. The van der Waals surface area contributed by atoms with Gasteiger partial charge in [-0.3, -0.25) is 14.5 Å². The molecule has 0 spiro atoms. The third-order valence-electron chi connectivity index (χ3n) is 5.11. The van der Waals surface area contributed by atoms with Crippen LogP contribution < -0.4 is 4.90 Å². The summed E-state index contributed by atoms with van der Waals surface area (Å²) in [4.78, 5) is 28.3. The molecule has 1 atom stereocenters. The maximum absolute atomic E-state index is 13.1. The van der Waals surface area contributed by atoms with Gasteiger partial charge in [-0.1, -0.05) is 89.8 Å². The Labute approximate surface area is 202 Å². The van der Waals surface area contributed by atoms with Crippen LogP contribution >= 0.6 is 34.4 Å². The molecule has 33 heavy (non-hydrogen) atoms. The maximum atomic E-state index is 13.1. The molecule has 3 heterocycles. The van der Waals surface area contributed by atoms with Gasteiger partial charge in [0, 0.05) is 16.2 Å². The molecule has 2 aromatic heterocycles. The van der Waals surface area contributed by atoms with Gasteiger partial charge in [0.25, 0.3) is 5.78 Å². The number of thioether (sulfide) groups is 1. The van der Waals surface area contributed by atoms with E-state index in [4.69, 9.17) is 0 Å². The molecule has 6 nitrogen and oxygen atoms in total. The lowest BCUT2D eigenvalue weighted by molar-refractivity contribution is -0.132. The molecule has 0 aliphatic carbocycles. The molecular formula is C24H17N3O3S3. The number of thiophene rings is 1. The third-order valence-corrected chi connectivity index (χ3v) is 8.16. The predicted molar refractivity (Wildman–Crippen MR) is 131 cm³/mol. The van der Waals surface area contributed by atoms with E-state index in [9.17, 15) is 14.7 Å². The second-order valence-electron chi connectivity index (χ2n) is 7.18. The molecule has 9 heteroatoms. The average molecular weight is 492 g/mol. The summed E-state index contributed by atoms with van der Waals surface area (Å²) in [5.74, 6) is -0.931. The molecule has 164 valence electrons. The number of hydrogen-bond acceptors (Lipinski definition) is 8. The normalized spacial score (nSPS) is 17.6. The molecule has 0 bridgehead atoms. The van der Waals surface area contributed by atoms with E-state index in [0.717, 1.165) is 16.2 Å². The van der Waals surface area contributed by atoms with Gasteiger partial charge in [0.1, 0.15) is 11.8 Å². The number of aliphatic hydroxyl groups is 1. The Kier molecular flexibility index (Phi) is 6.08. The molecule has 0 radical (unpaired) electrons. The van der Waals surface area contributed by atoms with E-state index in [0.29, 0.717) is 15.0 Å². The van der Waals surface area contributed by atoms with E-state index in [2.05, 4.69) is 10.2 Å². The zero-order chi connectivity index (χ0) is 22.8. The van der Waals surface area contributed by atoms with Crippen LogP contribution in [0.5, 0.6) is 0 Å². The van der Waals surface area contributed by atoms with E-state index in [1.54, 1.807) is 24.3 Å². The van der Waals surface area contributed by atoms with Gasteiger partial charge < -0.3 is 5.11 Å². The Bertz CT molecular complexity index is 1320. The van der Waals surface area contributed by atoms with Crippen molar-refractivity contribution in [1.29, 1.82) is 0 Å². The quantitative estimate of drug-likeness (QED) is 0.126. The van der Waals surface area contributed by atoms with Crippen LogP contribution in [0.25, 0.3) is 5.76 Å². The molecular weight excluding hydrogens is 474 g/mol. The first-order valence-corrected chi connectivity index (χ1v) is 12.7. The van der Waals surface area contributed by atoms with Crippen molar-refractivity contribution < 1.29 is 14.7 Å². The highest BCUT2D eigenvalue weighted by molar-refractivity contribution is 8.00. The Morgan fingerprint density at radius 3 is 2.39 bits per heavy atom. The van der Waals surface area contributed by atoms with Crippen LogP contribution in [0, 0.1) is 0 Å². The number of carbonyl (C=O) groups excluding carboxylic acids is 2. The Balaban J connectivity index is 1.51. The summed E-state index contributed by atoms with van der Waals surface area (Å²) in [6.45, 7) is 0. The highest BCUT2D eigenvalue weighted by atomic mass is 32.2. The van der Waals surface area contributed by atoms with Crippen molar-refractivity contribution in [2.24, 2.45) is 0 Å². The molecule has 4 aromatic rings. The van der Waals surface area contributed by atoms with E-state index >= 15 is 0 Å². The predicted octanol–water partition coefficient (Wildman–Crippen LogP) is 5.52. The molecule has 5 rings (SSSR count). The van der Waals surface area contributed by atoms with Gasteiger partial charge in [0.05, 0.1) is 5.57 Å². The lowest BCUT2D eigenvalue weighted by Gasteiger charge is -2.20. The number of aromatic nitrogens is 2. The topological polar surface area (TPSA) is 83.4 Å². The lowest BCUT2D eigenvalue weighted by atomic mass is 10.00. The van der Waals surface area contributed by atoms with Crippen molar-refractivity contribution >= 4 is 57.0 Å². The number of aliphatic hydroxyl groups excluding tert-OH is 1. The van der Waals surface area contributed by atoms with Gasteiger partial charge in [-0.15, -0.1) is 21.5 Å². The summed E-state index contributed by atoms with van der Waals surface area (Å²) in [6.07, 6.45) is 0. The van der Waals surface area contributed by atoms with Crippen LogP contribution in [0.4, 0.5) is 5.13 Å².